The molecule has 0 aliphatic carbocycles. The number of furan rings is 1. The summed E-state index contributed by atoms with van der Waals surface area (Å²) in [6.45, 7) is 10.8. The first kappa shape index (κ1) is 20.2. The molecule has 1 fully saturated rings. The maximum absolute atomic E-state index is 5.71. The number of hydrogen-bond donors (Lipinski definition) is 1. The summed E-state index contributed by atoms with van der Waals surface area (Å²) in [5, 5.41) is 3.57. The van der Waals surface area contributed by atoms with Crippen molar-refractivity contribution in [1.82, 2.24) is 20.1 Å². The van der Waals surface area contributed by atoms with Gasteiger partial charge in [0, 0.05) is 46.0 Å². The van der Waals surface area contributed by atoms with Crippen LogP contribution in [0.25, 0.3) is 0 Å². The van der Waals surface area contributed by atoms with E-state index in [-0.39, 0.29) is 6.04 Å². The molecule has 28 heavy (non-hydrogen) atoms. The van der Waals surface area contributed by atoms with Crippen LogP contribution in [-0.2, 0) is 0 Å². The van der Waals surface area contributed by atoms with Crippen molar-refractivity contribution in [2.75, 3.05) is 57.8 Å². The highest BCUT2D eigenvalue weighted by Gasteiger charge is 2.24. The first-order valence-corrected chi connectivity index (χ1v) is 10.2. The third-order valence-electron chi connectivity index (χ3n) is 5.34. The van der Waals surface area contributed by atoms with Gasteiger partial charge < -0.3 is 19.5 Å². The van der Waals surface area contributed by atoms with Crippen LogP contribution < -0.4 is 10.2 Å². The van der Waals surface area contributed by atoms with Crippen LogP contribution in [0.15, 0.2) is 52.2 Å². The predicted molar refractivity (Wildman–Crippen MR) is 114 cm³/mol. The summed E-state index contributed by atoms with van der Waals surface area (Å²) in [7, 11) is 1.85. The van der Waals surface area contributed by atoms with Crippen LogP contribution in [0.3, 0.4) is 0 Å². The van der Waals surface area contributed by atoms with E-state index in [1.807, 2.05) is 31.4 Å². The highest BCUT2D eigenvalue weighted by Crippen LogP contribution is 2.20. The Morgan fingerprint density at radius 3 is 2.54 bits per heavy atom. The van der Waals surface area contributed by atoms with Crippen molar-refractivity contribution in [3.8, 4) is 0 Å². The van der Waals surface area contributed by atoms with Gasteiger partial charge in [0.2, 0.25) is 0 Å². The summed E-state index contributed by atoms with van der Waals surface area (Å²) < 4.78 is 5.71. The van der Waals surface area contributed by atoms with E-state index in [1.54, 1.807) is 6.26 Å². The zero-order valence-electron chi connectivity index (χ0n) is 17.2. The van der Waals surface area contributed by atoms with Gasteiger partial charge in [-0.2, -0.15) is 0 Å². The molecule has 3 rings (SSSR count). The van der Waals surface area contributed by atoms with Gasteiger partial charge in [0.1, 0.15) is 11.6 Å². The fourth-order valence-corrected chi connectivity index (χ4v) is 3.76. The lowest BCUT2D eigenvalue weighted by Gasteiger charge is -2.37. The van der Waals surface area contributed by atoms with Crippen molar-refractivity contribution in [2.24, 2.45) is 4.99 Å². The van der Waals surface area contributed by atoms with E-state index in [2.05, 4.69) is 56.0 Å². The molecule has 0 spiro atoms. The number of rotatable bonds is 7. The molecule has 1 atom stereocenters. The summed E-state index contributed by atoms with van der Waals surface area (Å²) >= 11 is 0. The van der Waals surface area contributed by atoms with Crippen LogP contribution in [0.1, 0.15) is 25.6 Å². The summed E-state index contributed by atoms with van der Waals surface area (Å²) in [6, 6.07) is 10.3. The Labute approximate surface area is 168 Å². The highest BCUT2D eigenvalue weighted by molar-refractivity contribution is 5.80. The molecule has 7 nitrogen and oxygen atoms in total. The summed E-state index contributed by atoms with van der Waals surface area (Å²) in [4.78, 5) is 16.0. The number of piperazine rings is 1. The molecule has 7 heteroatoms. The third-order valence-corrected chi connectivity index (χ3v) is 5.34. The number of likely N-dealkylation sites (N-methyl/N-ethyl adjacent to an activating group) is 1. The van der Waals surface area contributed by atoms with E-state index in [9.17, 15) is 0 Å². The molecular formula is C21H32N6O. The second-order valence-electron chi connectivity index (χ2n) is 6.84. The summed E-state index contributed by atoms with van der Waals surface area (Å²) in [5.74, 6) is 2.99. The maximum atomic E-state index is 5.71. The molecule has 1 unspecified atom stereocenters. The van der Waals surface area contributed by atoms with E-state index < -0.39 is 0 Å². The Morgan fingerprint density at radius 2 is 1.96 bits per heavy atom. The molecule has 1 aliphatic heterocycles. The molecule has 2 aromatic rings. The van der Waals surface area contributed by atoms with Gasteiger partial charge in [0.25, 0.3) is 0 Å². The van der Waals surface area contributed by atoms with E-state index >= 15 is 0 Å². The van der Waals surface area contributed by atoms with Gasteiger partial charge in [-0.1, -0.05) is 19.9 Å². The molecule has 1 saturated heterocycles. The Kier molecular flexibility index (Phi) is 7.31. The number of guanidine groups is 1. The van der Waals surface area contributed by atoms with Gasteiger partial charge in [0.05, 0.1) is 12.3 Å². The highest BCUT2D eigenvalue weighted by atomic mass is 16.3. The van der Waals surface area contributed by atoms with Gasteiger partial charge in [0.15, 0.2) is 5.96 Å². The minimum atomic E-state index is 0.191. The zero-order valence-corrected chi connectivity index (χ0v) is 17.2. The minimum absolute atomic E-state index is 0.191. The SMILES string of the molecule is CCN(CC)C(CNC(=NC)N1CCN(c2ccccn2)CC1)c1ccco1. The van der Waals surface area contributed by atoms with Crippen LogP contribution in [0.4, 0.5) is 5.82 Å². The molecule has 0 bridgehead atoms. The van der Waals surface area contributed by atoms with Gasteiger partial charge in [-0.15, -0.1) is 0 Å². The van der Waals surface area contributed by atoms with E-state index in [1.165, 1.54) is 0 Å². The van der Waals surface area contributed by atoms with Crippen molar-refractivity contribution in [3.05, 3.63) is 48.6 Å². The average molecular weight is 385 g/mol. The number of nitrogens with zero attached hydrogens (tertiary/aromatic N) is 5. The van der Waals surface area contributed by atoms with E-state index in [4.69, 9.17) is 4.42 Å². The number of aromatic nitrogens is 1. The van der Waals surface area contributed by atoms with E-state index in [0.29, 0.717) is 0 Å². The van der Waals surface area contributed by atoms with Gasteiger partial charge in [-0.25, -0.2) is 4.98 Å². The normalized spacial score (nSPS) is 16.5. The monoisotopic (exact) mass is 384 g/mol. The topological polar surface area (TPSA) is 60.1 Å². The molecule has 2 aromatic heterocycles. The largest absolute Gasteiger partial charge is 0.468 e. The number of aliphatic imine (C=N–C) groups is 1. The number of pyridine rings is 1. The molecule has 1 N–H and O–H groups in total. The third kappa shape index (κ3) is 4.84. The Balaban J connectivity index is 1.58. The van der Waals surface area contributed by atoms with Crippen LogP contribution >= 0.6 is 0 Å². The average Bonchev–Trinajstić information content (AvgIpc) is 3.29. The van der Waals surface area contributed by atoms with Crippen molar-refractivity contribution in [3.63, 3.8) is 0 Å². The van der Waals surface area contributed by atoms with Crippen LogP contribution in [0.2, 0.25) is 0 Å². The molecule has 3 heterocycles. The lowest BCUT2D eigenvalue weighted by molar-refractivity contribution is 0.192. The number of hydrogen-bond acceptors (Lipinski definition) is 5. The quantitative estimate of drug-likeness (QED) is 0.585. The fraction of sp³-hybridized carbons (Fsp3) is 0.524. The molecule has 0 amide bonds. The molecule has 0 saturated carbocycles. The van der Waals surface area contributed by atoms with Crippen LogP contribution in [-0.4, -0.2) is 73.6 Å². The van der Waals surface area contributed by atoms with Crippen molar-refractivity contribution < 1.29 is 4.42 Å². The fourth-order valence-electron chi connectivity index (χ4n) is 3.76. The maximum Gasteiger partial charge on any atom is 0.193 e. The Hall–Kier alpha value is -2.54. The second-order valence-corrected chi connectivity index (χ2v) is 6.84. The first-order valence-electron chi connectivity index (χ1n) is 10.2. The molecule has 0 radical (unpaired) electrons. The van der Waals surface area contributed by atoms with Crippen molar-refractivity contribution in [2.45, 2.75) is 19.9 Å². The van der Waals surface area contributed by atoms with Crippen molar-refractivity contribution in [1.29, 1.82) is 0 Å². The van der Waals surface area contributed by atoms with Gasteiger partial charge >= 0.3 is 0 Å². The standard InChI is InChI=1S/C21H32N6O/c1-4-25(5-2)18(19-9-8-16-28-19)17-24-21(22-3)27-14-12-26(13-15-27)20-10-6-7-11-23-20/h6-11,16,18H,4-5,12-15,17H2,1-3H3,(H,22,24). The Morgan fingerprint density at radius 1 is 1.18 bits per heavy atom. The van der Waals surface area contributed by atoms with Crippen molar-refractivity contribution >= 4 is 11.8 Å². The number of nitrogens with one attached hydrogen (secondary N) is 1. The van der Waals surface area contributed by atoms with Crippen LogP contribution in [0.5, 0.6) is 0 Å². The Bertz CT molecular complexity index is 706. The predicted octanol–water partition coefficient (Wildman–Crippen LogP) is 2.46. The minimum Gasteiger partial charge on any atom is -0.468 e. The molecule has 0 aromatic carbocycles. The molecule has 1 aliphatic rings. The van der Waals surface area contributed by atoms with Crippen LogP contribution in [0, 0.1) is 0 Å². The second kappa shape index (κ2) is 10.1. The summed E-state index contributed by atoms with van der Waals surface area (Å²) in [6.07, 6.45) is 3.60. The van der Waals surface area contributed by atoms with E-state index in [0.717, 1.165) is 63.4 Å². The smallest absolute Gasteiger partial charge is 0.193 e. The lowest BCUT2D eigenvalue weighted by Crippen LogP contribution is -2.53. The molecule has 152 valence electrons. The molecular weight excluding hydrogens is 352 g/mol. The zero-order chi connectivity index (χ0) is 19.8. The number of anilines is 1. The van der Waals surface area contributed by atoms with Gasteiger partial charge in [-0.3, -0.25) is 9.89 Å². The lowest BCUT2D eigenvalue weighted by atomic mass is 10.2. The first-order chi connectivity index (χ1) is 13.8. The van der Waals surface area contributed by atoms with Gasteiger partial charge in [-0.05, 0) is 37.4 Å². The summed E-state index contributed by atoms with van der Waals surface area (Å²) in [5.41, 5.74) is 0.